The molecule has 3 nitrogen and oxygen atoms in total. The summed E-state index contributed by atoms with van der Waals surface area (Å²) in [5, 5.41) is 12.1. The second-order valence-electron chi connectivity index (χ2n) is 5.20. The minimum absolute atomic E-state index is 0.142. The van der Waals surface area contributed by atoms with Crippen LogP contribution in [0.3, 0.4) is 0 Å². The lowest BCUT2D eigenvalue weighted by atomic mass is 10.1. The van der Waals surface area contributed by atoms with Gasteiger partial charge in [-0.1, -0.05) is 6.07 Å². The van der Waals surface area contributed by atoms with Gasteiger partial charge in [0.2, 0.25) is 0 Å². The molecule has 0 radical (unpaired) electrons. The molecule has 0 bridgehead atoms. The van der Waals surface area contributed by atoms with Crippen LogP contribution in [0.15, 0.2) is 18.2 Å². The van der Waals surface area contributed by atoms with Gasteiger partial charge in [0.15, 0.2) is 0 Å². The van der Waals surface area contributed by atoms with Gasteiger partial charge in [-0.05, 0) is 30.5 Å². The maximum Gasteiger partial charge on any atom is 0.405 e. The van der Waals surface area contributed by atoms with Crippen molar-refractivity contribution in [1.29, 1.82) is 0 Å². The van der Waals surface area contributed by atoms with Crippen LogP contribution in [-0.4, -0.2) is 37.0 Å². The molecule has 0 saturated heterocycles. The average Bonchev–Trinajstić information content (AvgIpc) is 3.18. The summed E-state index contributed by atoms with van der Waals surface area (Å²) in [4.78, 5) is 0.799. The van der Waals surface area contributed by atoms with Crippen molar-refractivity contribution in [2.75, 3.05) is 24.6 Å². The molecular weight excluding hydrogens is 288 g/mol. The van der Waals surface area contributed by atoms with Gasteiger partial charge in [0.05, 0.1) is 12.3 Å². The van der Waals surface area contributed by atoms with Crippen molar-refractivity contribution >= 4 is 5.69 Å². The molecule has 1 aliphatic carbocycles. The number of anilines is 1. The van der Waals surface area contributed by atoms with Gasteiger partial charge in [-0.25, -0.2) is 4.39 Å². The lowest BCUT2D eigenvalue weighted by Gasteiger charge is -2.25. The van der Waals surface area contributed by atoms with Gasteiger partial charge < -0.3 is 15.3 Å². The zero-order chi connectivity index (χ0) is 15.5. The fraction of sp³-hybridized carbons (Fsp3) is 0.571. The van der Waals surface area contributed by atoms with Crippen molar-refractivity contribution in [3.05, 3.63) is 29.6 Å². The van der Waals surface area contributed by atoms with Crippen LogP contribution in [0.5, 0.6) is 0 Å². The topological polar surface area (TPSA) is 35.5 Å². The van der Waals surface area contributed by atoms with Crippen LogP contribution < -0.4 is 10.2 Å². The standard InChI is InChI=1S/C14H18F4N2O/c15-12-7-10(8-19-11-2-3-11)1-4-13(12)20(5-6-21)9-14(16,17)18/h1,4,7,11,19,21H,2-3,5-6,8-9H2. The third kappa shape index (κ3) is 5.17. The largest absolute Gasteiger partial charge is 0.405 e. The highest BCUT2D eigenvalue weighted by Gasteiger charge is 2.31. The number of rotatable bonds is 7. The van der Waals surface area contributed by atoms with Gasteiger partial charge in [0.25, 0.3) is 0 Å². The van der Waals surface area contributed by atoms with E-state index in [1.807, 2.05) is 0 Å². The minimum atomic E-state index is -4.45. The number of nitrogens with zero attached hydrogens (tertiary/aromatic N) is 1. The van der Waals surface area contributed by atoms with Crippen molar-refractivity contribution in [1.82, 2.24) is 5.32 Å². The normalized spacial score (nSPS) is 15.3. The summed E-state index contributed by atoms with van der Waals surface area (Å²) in [5.74, 6) is -0.706. The Labute approximate surface area is 120 Å². The number of aliphatic hydroxyl groups excluding tert-OH is 1. The molecule has 1 aromatic rings. The summed E-state index contributed by atoms with van der Waals surface area (Å²) < 4.78 is 51.5. The maximum atomic E-state index is 14.0. The third-order valence-electron chi connectivity index (χ3n) is 3.27. The summed E-state index contributed by atoms with van der Waals surface area (Å²) in [6.45, 7) is -1.53. The first-order chi connectivity index (χ1) is 9.89. The number of hydrogen-bond donors (Lipinski definition) is 2. The molecular formula is C14H18F4N2O. The quantitative estimate of drug-likeness (QED) is 0.760. The van der Waals surface area contributed by atoms with E-state index in [4.69, 9.17) is 5.11 Å². The molecule has 7 heteroatoms. The molecule has 0 heterocycles. The predicted molar refractivity (Wildman–Crippen MR) is 71.6 cm³/mol. The van der Waals surface area contributed by atoms with E-state index >= 15 is 0 Å². The first kappa shape index (κ1) is 16.0. The fourth-order valence-electron chi connectivity index (χ4n) is 2.09. The molecule has 118 valence electrons. The maximum absolute atomic E-state index is 14.0. The predicted octanol–water partition coefficient (Wildman–Crippen LogP) is 2.44. The molecule has 0 atom stereocenters. The zero-order valence-corrected chi connectivity index (χ0v) is 11.5. The minimum Gasteiger partial charge on any atom is -0.395 e. The number of aliphatic hydroxyl groups is 1. The Morgan fingerprint density at radius 1 is 1.29 bits per heavy atom. The monoisotopic (exact) mass is 306 g/mol. The smallest absolute Gasteiger partial charge is 0.395 e. The Balaban J connectivity index is 2.08. The lowest BCUT2D eigenvalue weighted by molar-refractivity contribution is -0.119. The van der Waals surface area contributed by atoms with Crippen LogP contribution in [0, 0.1) is 5.82 Å². The summed E-state index contributed by atoms with van der Waals surface area (Å²) >= 11 is 0. The molecule has 0 aliphatic heterocycles. The van der Waals surface area contributed by atoms with Crippen molar-refractivity contribution < 1.29 is 22.7 Å². The van der Waals surface area contributed by atoms with Gasteiger partial charge in [-0.2, -0.15) is 13.2 Å². The molecule has 21 heavy (non-hydrogen) atoms. The zero-order valence-electron chi connectivity index (χ0n) is 11.5. The highest BCUT2D eigenvalue weighted by atomic mass is 19.4. The van der Waals surface area contributed by atoms with Gasteiger partial charge in [-0.15, -0.1) is 0 Å². The van der Waals surface area contributed by atoms with Crippen molar-refractivity contribution in [2.24, 2.45) is 0 Å². The number of benzene rings is 1. The molecule has 2 rings (SSSR count). The van der Waals surface area contributed by atoms with Crippen LogP contribution in [-0.2, 0) is 6.54 Å². The molecule has 1 fully saturated rings. The Kier molecular flexibility index (Phi) is 5.05. The highest BCUT2D eigenvalue weighted by Crippen LogP contribution is 2.26. The first-order valence-electron chi connectivity index (χ1n) is 6.83. The van der Waals surface area contributed by atoms with E-state index < -0.39 is 25.1 Å². The average molecular weight is 306 g/mol. The summed E-state index contributed by atoms with van der Waals surface area (Å²) in [7, 11) is 0. The number of halogens is 4. The van der Waals surface area contributed by atoms with Crippen LogP contribution in [0.2, 0.25) is 0 Å². The highest BCUT2D eigenvalue weighted by molar-refractivity contribution is 5.49. The summed E-state index contributed by atoms with van der Waals surface area (Å²) in [6.07, 6.45) is -2.24. The van der Waals surface area contributed by atoms with E-state index in [0.717, 1.165) is 17.7 Å². The summed E-state index contributed by atoms with van der Waals surface area (Å²) in [5.41, 5.74) is 0.552. The lowest BCUT2D eigenvalue weighted by Crippen LogP contribution is -2.36. The fourth-order valence-corrected chi connectivity index (χ4v) is 2.09. The second kappa shape index (κ2) is 6.62. The van der Waals surface area contributed by atoms with Gasteiger partial charge >= 0.3 is 6.18 Å². The Morgan fingerprint density at radius 2 is 2.00 bits per heavy atom. The van der Waals surface area contributed by atoms with E-state index in [9.17, 15) is 17.6 Å². The molecule has 0 amide bonds. The van der Waals surface area contributed by atoms with E-state index in [1.54, 1.807) is 6.07 Å². The van der Waals surface area contributed by atoms with Crippen molar-refractivity contribution in [2.45, 2.75) is 31.6 Å². The molecule has 0 aromatic heterocycles. The van der Waals surface area contributed by atoms with E-state index in [2.05, 4.69) is 5.32 Å². The second-order valence-corrected chi connectivity index (χ2v) is 5.20. The molecule has 0 spiro atoms. The van der Waals surface area contributed by atoms with Crippen LogP contribution >= 0.6 is 0 Å². The molecule has 1 aliphatic rings. The van der Waals surface area contributed by atoms with Crippen LogP contribution in [0.1, 0.15) is 18.4 Å². The third-order valence-corrected chi connectivity index (χ3v) is 3.27. The van der Waals surface area contributed by atoms with E-state index in [-0.39, 0.29) is 12.2 Å². The number of hydrogen-bond acceptors (Lipinski definition) is 3. The molecule has 0 unspecified atom stereocenters. The van der Waals surface area contributed by atoms with Crippen molar-refractivity contribution in [3.63, 3.8) is 0 Å². The van der Waals surface area contributed by atoms with Crippen molar-refractivity contribution in [3.8, 4) is 0 Å². The Morgan fingerprint density at radius 3 is 2.52 bits per heavy atom. The first-order valence-corrected chi connectivity index (χ1v) is 6.83. The number of alkyl halides is 3. The SMILES string of the molecule is OCCN(CC(F)(F)F)c1ccc(CNC2CC2)cc1F. The molecule has 1 saturated carbocycles. The number of nitrogens with one attached hydrogen (secondary N) is 1. The van der Waals surface area contributed by atoms with Gasteiger partial charge in [-0.3, -0.25) is 0 Å². The van der Waals surface area contributed by atoms with Gasteiger partial charge in [0.1, 0.15) is 12.4 Å². The van der Waals surface area contributed by atoms with Gasteiger partial charge in [0, 0.05) is 19.1 Å². The van der Waals surface area contributed by atoms with E-state index in [0.29, 0.717) is 18.2 Å². The van der Waals surface area contributed by atoms with Crippen LogP contribution in [0.4, 0.5) is 23.2 Å². The Bertz CT molecular complexity index is 475. The van der Waals surface area contributed by atoms with E-state index in [1.165, 1.54) is 12.1 Å². The summed E-state index contributed by atoms with van der Waals surface area (Å²) in [6, 6.07) is 4.66. The Hall–Kier alpha value is -1.34. The molecule has 1 aromatic carbocycles. The van der Waals surface area contributed by atoms with Crippen LogP contribution in [0.25, 0.3) is 0 Å². The molecule has 2 N–H and O–H groups in total.